The van der Waals surface area contributed by atoms with Crippen LogP contribution in [0.3, 0.4) is 0 Å². The summed E-state index contributed by atoms with van der Waals surface area (Å²) in [6, 6.07) is 0. The minimum atomic E-state index is 0.276. The summed E-state index contributed by atoms with van der Waals surface area (Å²) in [5, 5.41) is 10.1. The standard InChI is InChI=1S/C5H4N4OS2/c11-5-8-7-4(10-5)3-1-6-9-12-2-3/h1H,2H2,(H,8,11). The summed E-state index contributed by atoms with van der Waals surface area (Å²) >= 11 is 6.08. The van der Waals surface area contributed by atoms with Gasteiger partial charge >= 0.3 is 0 Å². The summed E-state index contributed by atoms with van der Waals surface area (Å²) in [6.45, 7) is 0. The van der Waals surface area contributed by atoms with Gasteiger partial charge in [0.1, 0.15) is 0 Å². The molecule has 0 spiro atoms. The van der Waals surface area contributed by atoms with Gasteiger partial charge in [-0.25, -0.2) is 5.10 Å². The molecular formula is C5H4N4OS2. The van der Waals surface area contributed by atoms with Gasteiger partial charge in [0.25, 0.3) is 4.84 Å². The molecule has 62 valence electrons. The molecular weight excluding hydrogens is 196 g/mol. The second-order valence-corrected chi connectivity index (χ2v) is 3.12. The summed E-state index contributed by atoms with van der Waals surface area (Å²) in [6.07, 6.45) is 1.62. The zero-order chi connectivity index (χ0) is 8.39. The number of hydrogen-bond donors (Lipinski definition) is 1. The largest absolute Gasteiger partial charge is 0.410 e. The molecule has 1 aliphatic rings. The Morgan fingerprint density at radius 1 is 1.67 bits per heavy atom. The van der Waals surface area contributed by atoms with Gasteiger partial charge < -0.3 is 4.42 Å². The van der Waals surface area contributed by atoms with Crippen LogP contribution < -0.4 is 0 Å². The summed E-state index contributed by atoms with van der Waals surface area (Å²) in [5.41, 5.74) is 0.891. The van der Waals surface area contributed by atoms with Crippen molar-refractivity contribution in [1.29, 1.82) is 0 Å². The van der Waals surface area contributed by atoms with E-state index in [9.17, 15) is 0 Å². The van der Waals surface area contributed by atoms with Crippen LogP contribution in [0, 0.1) is 4.84 Å². The molecule has 0 atom stereocenters. The lowest BCUT2D eigenvalue weighted by atomic mass is 10.3. The van der Waals surface area contributed by atoms with E-state index in [-0.39, 0.29) is 4.84 Å². The molecule has 0 fully saturated rings. The lowest BCUT2D eigenvalue weighted by Gasteiger charge is -1.99. The fraction of sp³-hybridized carbons (Fsp3) is 0.200. The third-order valence-corrected chi connectivity index (χ3v) is 2.08. The summed E-state index contributed by atoms with van der Waals surface area (Å²) in [7, 11) is 0. The molecule has 5 nitrogen and oxygen atoms in total. The van der Waals surface area contributed by atoms with E-state index in [4.69, 9.17) is 16.6 Å². The molecule has 0 unspecified atom stereocenters. The average Bonchev–Trinajstić information content (AvgIpc) is 2.54. The topological polar surface area (TPSA) is 66.5 Å². The normalized spacial score (nSPS) is 16.2. The molecule has 0 saturated heterocycles. The van der Waals surface area contributed by atoms with E-state index in [2.05, 4.69) is 19.8 Å². The van der Waals surface area contributed by atoms with Crippen LogP contribution in [0.5, 0.6) is 0 Å². The Hall–Kier alpha value is -0.950. The van der Waals surface area contributed by atoms with Crippen LogP contribution in [0.4, 0.5) is 0 Å². The smallest absolute Gasteiger partial charge is 0.284 e. The average molecular weight is 200 g/mol. The zero-order valence-electron chi connectivity index (χ0n) is 5.85. The van der Waals surface area contributed by atoms with Crippen LogP contribution in [0.1, 0.15) is 5.89 Å². The molecule has 1 aromatic heterocycles. The van der Waals surface area contributed by atoms with Crippen LogP contribution in [0.15, 0.2) is 20.3 Å². The maximum Gasteiger partial charge on any atom is 0.284 e. The van der Waals surface area contributed by atoms with Gasteiger partial charge in [-0.2, -0.15) is 5.11 Å². The Balaban J connectivity index is 2.36. The molecule has 0 aromatic carbocycles. The molecule has 1 aromatic rings. The van der Waals surface area contributed by atoms with Crippen molar-refractivity contribution in [3.8, 4) is 0 Å². The van der Waals surface area contributed by atoms with Gasteiger partial charge in [0.05, 0.1) is 6.20 Å². The van der Waals surface area contributed by atoms with E-state index in [0.717, 1.165) is 5.57 Å². The number of nitrogens with one attached hydrogen (secondary N) is 1. The molecule has 0 amide bonds. The number of rotatable bonds is 1. The van der Waals surface area contributed by atoms with E-state index >= 15 is 0 Å². The second kappa shape index (κ2) is 3.20. The summed E-state index contributed by atoms with van der Waals surface area (Å²) < 4.78 is 8.81. The Kier molecular flexibility index (Phi) is 2.05. The van der Waals surface area contributed by atoms with Crippen molar-refractivity contribution >= 4 is 29.7 Å². The van der Waals surface area contributed by atoms with Crippen molar-refractivity contribution in [2.45, 2.75) is 0 Å². The highest BCUT2D eigenvalue weighted by molar-refractivity contribution is 7.98. The predicted octanol–water partition coefficient (Wildman–Crippen LogP) is 2.19. The summed E-state index contributed by atoms with van der Waals surface area (Å²) in [5.74, 6) is 1.21. The number of aromatic amines is 1. The fourth-order valence-electron chi connectivity index (χ4n) is 0.746. The number of H-pyrrole nitrogens is 1. The van der Waals surface area contributed by atoms with Gasteiger partial charge in [-0.3, -0.25) is 0 Å². The molecule has 12 heavy (non-hydrogen) atoms. The van der Waals surface area contributed by atoms with Gasteiger partial charge in [-0.05, 0) is 12.2 Å². The Morgan fingerprint density at radius 3 is 3.17 bits per heavy atom. The minimum Gasteiger partial charge on any atom is -0.410 e. The molecule has 1 aliphatic heterocycles. The number of hydrogen-bond acceptors (Lipinski definition) is 6. The molecule has 2 heterocycles. The van der Waals surface area contributed by atoms with Crippen LogP contribution in [0.25, 0.3) is 5.57 Å². The first-order valence-corrected chi connectivity index (χ1v) is 4.48. The quantitative estimate of drug-likeness (QED) is 0.557. The van der Waals surface area contributed by atoms with Crippen LogP contribution >= 0.6 is 24.2 Å². The second-order valence-electron chi connectivity index (χ2n) is 2.04. The SMILES string of the molecule is S=c1[nH]nc(C2=CN=NSC2)o1. The molecule has 0 aliphatic carbocycles. The maximum absolute atomic E-state index is 5.09. The maximum atomic E-state index is 5.09. The van der Waals surface area contributed by atoms with E-state index < -0.39 is 0 Å². The molecule has 0 radical (unpaired) electrons. The van der Waals surface area contributed by atoms with E-state index in [1.807, 2.05) is 0 Å². The summed E-state index contributed by atoms with van der Waals surface area (Å²) in [4.78, 5) is 0.276. The number of aromatic nitrogens is 2. The van der Waals surface area contributed by atoms with Gasteiger partial charge in [0.15, 0.2) is 0 Å². The third kappa shape index (κ3) is 1.46. The third-order valence-electron chi connectivity index (χ3n) is 1.25. The molecule has 0 saturated carbocycles. The highest BCUT2D eigenvalue weighted by atomic mass is 32.2. The van der Waals surface area contributed by atoms with E-state index in [0.29, 0.717) is 11.6 Å². The fourth-order valence-corrected chi connectivity index (χ4v) is 1.38. The molecule has 0 bridgehead atoms. The Bertz CT molecular complexity index is 390. The molecule has 2 rings (SSSR count). The molecule has 7 heteroatoms. The number of nitrogens with zero attached hydrogens (tertiary/aromatic N) is 3. The van der Waals surface area contributed by atoms with Gasteiger partial charge in [-0.15, -0.1) is 9.62 Å². The monoisotopic (exact) mass is 200 g/mol. The highest BCUT2D eigenvalue weighted by Gasteiger charge is 2.10. The Labute approximate surface area is 77.1 Å². The van der Waals surface area contributed by atoms with Gasteiger partial charge in [0.2, 0.25) is 5.89 Å². The van der Waals surface area contributed by atoms with E-state index in [1.165, 1.54) is 11.9 Å². The highest BCUT2D eigenvalue weighted by Crippen LogP contribution is 2.22. The van der Waals surface area contributed by atoms with Crippen molar-refractivity contribution in [2.75, 3.05) is 5.75 Å². The van der Waals surface area contributed by atoms with Crippen molar-refractivity contribution in [1.82, 2.24) is 10.2 Å². The first-order valence-electron chi connectivity index (χ1n) is 3.13. The Morgan fingerprint density at radius 2 is 2.58 bits per heavy atom. The minimum absolute atomic E-state index is 0.276. The van der Waals surface area contributed by atoms with Gasteiger partial charge in [-0.1, -0.05) is 0 Å². The van der Waals surface area contributed by atoms with Crippen LogP contribution in [-0.2, 0) is 0 Å². The van der Waals surface area contributed by atoms with Crippen LogP contribution in [-0.4, -0.2) is 16.0 Å². The van der Waals surface area contributed by atoms with Crippen molar-refractivity contribution < 1.29 is 4.42 Å². The van der Waals surface area contributed by atoms with Crippen molar-refractivity contribution in [3.05, 3.63) is 16.9 Å². The van der Waals surface area contributed by atoms with Crippen molar-refractivity contribution in [3.63, 3.8) is 0 Å². The molecule has 1 N–H and O–H groups in total. The van der Waals surface area contributed by atoms with Crippen LogP contribution in [0.2, 0.25) is 0 Å². The zero-order valence-corrected chi connectivity index (χ0v) is 7.48. The first-order chi connectivity index (χ1) is 5.86. The van der Waals surface area contributed by atoms with E-state index in [1.54, 1.807) is 6.20 Å². The lowest BCUT2D eigenvalue weighted by molar-refractivity contribution is 0.523. The van der Waals surface area contributed by atoms with Crippen molar-refractivity contribution in [2.24, 2.45) is 9.63 Å². The lowest BCUT2D eigenvalue weighted by Crippen LogP contribution is -1.89. The first kappa shape index (κ1) is 7.69. The predicted molar refractivity (Wildman–Crippen MR) is 47.0 cm³/mol. The van der Waals surface area contributed by atoms with Gasteiger partial charge in [0, 0.05) is 23.3 Å².